The van der Waals surface area contributed by atoms with E-state index in [4.69, 9.17) is 10.6 Å². The van der Waals surface area contributed by atoms with Crippen molar-refractivity contribution in [3.05, 3.63) is 101 Å². The lowest BCUT2D eigenvalue weighted by molar-refractivity contribution is 0.0734. The quantitative estimate of drug-likeness (QED) is 0.187. The second kappa shape index (κ2) is 8.44. The molecule has 128 valence electrons. The molecule has 0 radical (unpaired) electrons. The largest absolute Gasteiger partial charge is 0.422 e. The molecule has 0 amide bonds. The lowest BCUT2D eigenvalue weighted by atomic mass is 10.1. The molecule has 4 heteroatoms. The first-order valence-electron chi connectivity index (χ1n) is 8.14. The predicted molar refractivity (Wildman–Crippen MR) is 105 cm³/mol. The molecule has 0 fully saturated rings. The zero-order valence-electron chi connectivity index (χ0n) is 14.1. The molecule has 0 aromatic heterocycles. The molecule has 26 heavy (non-hydrogen) atoms. The van der Waals surface area contributed by atoms with E-state index in [2.05, 4.69) is 5.10 Å². The van der Waals surface area contributed by atoms with Gasteiger partial charge >= 0.3 is 5.97 Å². The summed E-state index contributed by atoms with van der Waals surface area (Å²) in [6.45, 7) is 0. The predicted octanol–water partition coefficient (Wildman–Crippen LogP) is 4.37. The van der Waals surface area contributed by atoms with Gasteiger partial charge in [0, 0.05) is 5.56 Å². The van der Waals surface area contributed by atoms with Crippen molar-refractivity contribution in [1.29, 1.82) is 0 Å². The minimum atomic E-state index is -0.434. The average molecular weight is 342 g/mol. The van der Waals surface area contributed by atoms with Crippen molar-refractivity contribution in [2.45, 2.75) is 0 Å². The fraction of sp³-hybridized carbons (Fsp3) is 0. The van der Waals surface area contributed by atoms with E-state index in [1.165, 1.54) is 6.21 Å². The molecule has 0 saturated heterocycles. The van der Waals surface area contributed by atoms with Crippen LogP contribution in [0.2, 0.25) is 0 Å². The molecule has 3 aromatic carbocycles. The first kappa shape index (κ1) is 17.2. The molecule has 0 aliphatic carbocycles. The fourth-order valence-corrected chi connectivity index (χ4v) is 2.49. The number of hydrazone groups is 1. The second-order valence-corrected chi connectivity index (χ2v) is 5.54. The number of nitrogens with two attached hydrogens (primary N) is 1. The molecule has 3 aromatic rings. The highest BCUT2D eigenvalue weighted by atomic mass is 16.5. The Morgan fingerprint density at radius 3 is 2.23 bits per heavy atom. The maximum absolute atomic E-state index is 12.7. The van der Waals surface area contributed by atoms with Gasteiger partial charge in [-0.05, 0) is 29.3 Å². The number of esters is 1. The van der Waals surface area contributed by atoms with Crippen molar-refractivity contribution in [1.82, 2.24) is 0 Å². The van der Waals surface area contributed by atoms with Crippen LogP contribution in [0.4, 0.5) is 0 Å². The van der Waals surface area contributed by atoms with Gasteiger partial charge in [-0.25, -0.2) is 4.79 Å². The Labute approximate surface area is 152 Å². The van der Waals surface area contributed by atoms with E-state index >= 15 is 0 Å². The van der Waals surface area contributed by atoms with Gasteiger partial charge in [-0.15, -0.1) is 0 Å². The normalized spacial score (nSPS) is 11.1. The van der Waals surface area contributed by atoms with Crippen LogP contribution >= 0.6 is 0 Å². The van der Waals surface area contributed by atoms with Crippen LogP contribution in [0.15, 0.2) is 84.0 Å². The number of rotatable bonds is 5. The maximum atomic E-state index is 12.7. The maximum Gasteiger partial charge on any atom is 0.344 e. The third-order valence-corrected chi connectivity index (χ3v) is 3.77. The minimum absolute atomic E-state index is 0.411. The van der Waals surface area contributed by atoms with Gasteiger partial charge in [0.2, 0.25) is 0 Å². The molecule has 0 spiro atoms. The number of carbonyl (C=O) groups is 1. The first-order valence-corrected chi connectivity index (χ1v) is 8.14. The lowest BCUT2D eigenvalue weighted by Gasteiger charge is -2.09. The standard InChI is InChI=1S/C22H18N2O2/c23-24-16-19-11-5-7-13-21(19)26-22(25)20-12-6-4-10-18(20)15-14-17-8-2-1-3-9-17/h1-16H,23H2. The van der Waals surface area contributed by atoms with Crippen molar-refractivity contribution in [3.8, 4) is 5.75 Å². The van der Waals surface area contributed by atoms with E-state index in [1.54, 1.807) is 24.3 Å². The van der Waals surface area contributed by atoms with Gasteiger partial charge in [0.05, 0.1) is 11.8 Å². The van der Waals surface area contributed by atoms with Crippen molar-refractivity contribution >= 4 is 24.3 Å². The van der Waals surface area contributed by atoms with Crippen LogP contribution in [0.5, 0.6) is 5.75 Å². The summed E-state index contributed by atoms with van der Waals surface area (Å²) >= 11 is 0. The summed E-state index contributed by atoms with van der Waals surface area (Å²) in [5.74, 6) is 5.19. The highest BCUT2D eigenvalue weighted by molar-refractivity contribution is 5.97. The summed E-state index contributed by atoms with van der Waals surface area (Å²) in [7, 11) is 0. The number of nitrogens with zero attached hydrogens (tertiary/aromatic N) is 1. The van der Waals surface area contributed by atoms with Crippen molar-refractivity contribution in [2.24, 2.45) is 10.9 Å². The number of carbonyl (C=O) groups excluding carboxylic acids is 1. The molecule has 0 aliphatic rings. The number of hydrogen-bond acceptors (Lipinski definition) is 4. The number of benzene rings is 3. The summed E-state index contributed by atoms with van der Waals surface area (Å²) in [4.78, 5) is 12.7. The van der Waals surface area contributed by atoms with Gasteiger partial charge < -0.3 is 10.6 Å². The van der Waals surface area contributed by atoms with E-state index in [0.717, 1.165) is 11.1 Å². The minimum Gasteiger partial charge on any atom is -0.422 e. The molecule has 2 N–H and O–H groups in total. The van der Waals surface area contributed by atoms with E-state index in [0.29, 0.717) is 16.9 Å². The third kappa shape index (κ3) is 4.24. The number of ether oxygens (including phenoxy) is 1. The van der Waals surface area contributed by atoms with Crippen LogP contribution in [-0.2, 0) is 0 Å². The highest BCUT2D eigenvalue weighted by Gasteiger charge is 2.13. The molecular weight excluding hydrogens is 324 g/mol. The fourth-order valence-electron chi connectivity index (χ4n) is 2.49. The molecule has 0 saturated carbocycles. The molecule has 0 aliphatic heterocycles. The van der Waals surface area contributed by atoms with Crippen LogP contribution in [0.3, 0.4) is 0 Å². The number of hydrogen-bond donors (Lipinski definition) is 1. The van der Waals surface area contributed by atoms with Crippen LogP contribution in [0, 0.1) is 0 Å². The number of para-hydroxylation sites is 1. The molecule has 3 rings (SSSR count). The highest BCUT2D eigenvalue weighted by Crippen LogP contribution is 2.20. The van der Waals surface area contributed by atoms with Gasteiger partial charge in [0.15, 0.2) is 0 Å². The van der Waals surface area contributed by atoms with Gasteiger partial charge in [0.1, 0.15) is 5.75 Å². The Hall–Kier alpha value is -3.66. The Morgan fingerprint density at radius 2 is 1.46 bits per heavy atom. The summed E-state index contributed by atoms with van der Waals surface area (Å²) in [5.41, 5.74) is 2.96. The molecule has 4 nitrogen and oxygen atoms in total. The molecule has 0 atom stereocenters. The molecule has 0 bridgehead atoms. The Kier molecular flexibility index (Phi) is 5.58. The van der Waals surface area contributed by atoms with Crippen LogP contribution in [0.25, 0.3) is 12.2 Å². The van der Waals surface area contributed by atoms with Crippen LogP contribution < -0.4 is 10.6 Å². The summed E-state index contributed by atoms with van der Waals surface area (Å²) in [6, 6.07) is 24.3. The average Bonchev–Trinajstić information content (AvgIpc) is 2.69. The van der Waals surface area contributed by atoms with Gasteiger partial charge in [0.25, 0.3) is 0 Å². The van der Waals surface area contributed by atoms with Gasteiger partial charge in [-0.2, -0.15) is 5.10 Å². The van der Waals surface area contributed by atoms with Crippen LogP contribution in [-0.4, -0.2) is 12.2 Å². The van der Waals surface area contributed by atoms with Gasteiger partial charge in [-0.3, -0.25) is 0 Å². The third-order valence-electron chi connectivity index (χ3n) is 3.77. The Morgan fingerprint density at radius 1 is 0.808 bits per heavy atom. The van der Waals surface area contributed by atoms with E-state index in [9.17, 15) is 4.79 Å². The van der Waals surface area contributed by atoms with Crippen molar-refractivity contribution in [2.75, 3.05) is 0 Å². The lowest BCUT2D eigenvalue weighted by Crippen LogP contribution is -2.11. The Balaban J connectivity index is 1.86. The monoisotopic (exact) mass is 342 g/mol. The molecular formula is C22H18N2O2. The zero-order valence-corrected chi connectivity index (χ0v) is 14.1. The summed E-state index contributed by atoms with van der Waals surface area (Å²) in [6.07, 6.45) is 5.31. The van der Waals surface area contributed by atoms with Crippen molar-refractivity contribution in [3.63, 3.8) is 0 Å². The Bertz CT molecular complexity index is 947. The first-order chi connectivity index (χ1) is 12.8. The smallest absolute Gasteiger partial charge is 0.344 e. The van der Waals surface area contributed by atoms with E-state index in [1.807, 2.05) is 66.7 Å². The summed E-state index contributed by atoms with van der Waals surface area (Å²) < 4.78 is 5.56. The summed E-state index contributed by atoms with van der Waals surface area (Å²) in [5, 5.41) is 3.50. The SMILES string of the molecule is NN=Cc1ccccc1OC(=O)c1ccccc1C=Cc1ccccc1. The molecule has 0 unspecified atom stereocenters. The van der Waals surface area contributed by atoms with E-state index in [-0.39, 0.29) is 0 Å². The molecule has 0 heterocycles. The zero-order chi connectivity index (χ0) is 18.2. The van der Waals surface area contributed by atoms with E-state index < -0.39 is 5.97 Å². The van der Waals surface area contributed by atoms with Gasteiger partial charge in [-0.1, -0.05) is 72.8 Å². The van der Waals surface area contributed by atoms with Crippen molar-refractivity contribution < 1.29 is 9.53 Å². The topological polar surface area (TPSA) is 64.7 Å². The second-order valence-electron chi connectivity index (χ2n) is 5.54. The van der Waals surface area contributed by atoms with Crippen LogP contribution in [0.1, 0.15) is 27.0 Å².